The summed E-state index contributed by atoms with van der Waals surface area (Å²) in [6.07, 6.45) is 1.24. The van der Waals surface area contributed by atoms with Crippen LogP contribution in [0.1, 0.15) is 32.8 Å². The van der Waals surface area contributed by atoms with E-state index in [0.29, 0.717) is 6.61 Å². The molecule has 22 heavy (non-hydrogen) atoms. The van der Waals surface area contributed by atoms with E-state index in [-0.39, 0.29) is 6.10 Å². The van der Waals surface area contributed by atoms with Crippen LogP contribution in [0.4, 0.5) is 5.69 Å². The molecule has 2 aromatic rings. The maximum absolute atomic E-state index is 5.84. The number of hydrogen-bond donors (Lipinski definition) is 1. The zero-order valence-corrected chi connectivity index (χ0v) is 13.6. The molecule has 2 aromatic carbocycles. The lowest BCUT2D eigenvalue weighted by molar-refractivity contribution is 0.217. The molecule has 1 N–H and O–H groups in total. The summed E-state index contributed by atoms with van der Waals surface area (Å²) in [6, 6.07) is 16.3. The summed E-state index contributed by atoms with van der Waals surface area (Å²) >= 11 is 0. The minimum absolute atomic E-state index is 0.237. The van der Waals surface area contributed by atoms with E-state index >= 15 is 0 Å². The van der Waals surface area contributed by atoms with Crippen molar-refractivity contribution in [2.75, 3.05) is 11.9 Å². The first-order chi connectivity index (χ1) is 10.7. The molecule has 0 saturated carbocycles. The van der Waals surface area contributed by atoms with Gasteiger partial charge in [0.1, 0.15) is 11.5 Å². The number of anilines is 1. The summed E-state index contributed by atoms with van der Waals surface area (Å²) in [5.74, 6) is 1.82. The van der Waals surface area contributed by atoms with Gasteiger partial charge in [0.15, 0.2) is 0 Å². The van der Waals surface area contributed by atoms with E-state index in [0.717, 1.165) is 30.2 Å². The average Bonchev–Trinajstić information content (AvgIpc) is 2.55. The van der Waals surface area contributed by atoms with Crippen LogP contribution in [0.15, 0.2) is 48.5 Å². The number of rotatable bonds is 8. The van der Waals surface area contributed by atoms with Crippen LogP contribution in [0, 0.1) is 0 Å². The smallest absolute Gasteiger partial charge is 0.121 e. The van der Waals surface area contributed by atoms with Crippen LogP contribution < -0.4 is 14.8 Å². The van der Waals surface area contributed by atoms with Crippen LogP contribution in [-0.2, 0) is 6.54 Å². The third-order valence-corrected chi connectivity index (χ3v) is 3.48. The van der Waals surface area contributed by atoms with Crippen molar-refractivity contribution >= 4 is 5.69 Å². The van der Waals surface area contributed by atoms with Gasteiger partial charge in [0.05, 0.1) is 12.7 Å². The van der Waals surface area contributed by atoms with E-state index in [2.05, 4.69) is 37.4 Å². The fourth-order valence-electron chi connectivity index (χ4n) is 2.07. The molecule has 0 aliphatic heterocycles. The molecule has 0 aromatic heterocycles. The van der Waals surface area contributed by atoms with Crippen LogP contribution in [0.2, 0.25) is 0 Å². The Kier molecular flexibility index (Phi) is 6.13. The van der Waals surface area contributed by atoms with Crippen molar-refractivity contribution in [2.24, 2.45) is 0 Å². The quantitative estimate of drug-likeness (QED) is 0.754. The second-order valence-corrected chi connectivity index (χ2v) is 5.30. The lowest BCUT2D eigenvalue weighted by atomic mass is 10.2. The molecule has 0 aliphatic carbocycles. The molecule has 0 bridgehead atoms. The van der Waals surface area contributed by atoms with E-state index in [9.17, 15) is 0 Å². The Balaban J connectivity index is 1.92. The SMILES string of the molecule is CCOc1ccc(CNc2cccc(OC(C)CC)c2)cc1. The monoisotopic (exact) mass is 299 g/mol. The Bertz CT molecular complexity index is 566. The molecule has 0 heterocycles. The topological polar surface area (TPSA) is 30.5 Å². The van der Waals surface area contributed by atoms with Gasteiger partial charge in [0.2, 0.25) is 0 Å². The second kappa shape index (κ2) is 8.32. The fraction of sp³-hybridized carbons (Fsp3) is 0.368. The normalized spacial score (nSPS) is 11.8. The molecule has 3 heteroatoms. The summed E-state index contributed by atoms with van der Waals surface area (Å²) in [5, 5.41) is 3.42. The molecule has 0 spiro atoms. The van der Waals surface area contributed by atoms with Crippen molar-refractivity contribution in [1.29, 1.82) is 0 Å². The first kappa shape index (κ1) is 16.2. The molecule has 2 rings (SSSR count). The highest BCUT2D eigenvalue weighted by Gasteiger charge is 2.02. The Labute approximate surface area is 133 Å². The van der Waals surface area contributed by atoms with E-state index < -0.39 is 0 Å². The molecule has 1 unspecified atom stereocenters. The standard InChI is InChI=1S/C19H25NO2/c1-4-15(3)22-19-8-6-7-17(13-19)20-14-16-9-11-18(12-10-16)21-5-2/h6-13,15,20H,4-5,14H2,1-3H3. The van der Waals surface area contributed by atoms with Gasteiger partial charge >= 0.3 is 0 Å². The third kappa shape index (κ3) is 4.99. The minimum atomic E-state index is 0.237. The van der Waals surface area contributed by atoms with Gasteiger partial charge in [-0.05, 0) is 50.1 Å². The maximum atomic E-state index is 5.84. The van der Waals surface area contributed by atoms with Crippen LogP contribution in [-0.4, -0.2) is 12.7 Å². The van der Waals surface area contributed by atoms with Gasteiger partial charge in [-0.15, -0.1) is 0 Å². The second-order valence-electron chi connectivity index (χ2n) is 5.30. The fourth-order valence-corrected chi connectivity index (χ4v) is 2.07. The molecule has 0 saturated heterocycles. The summed E-state index contributed by atoms with van der Waals surface area (Å²) in [7, 11) is 0. The first-order valence-electron chi connectivity index (χ1n) is 7.93. The van der Waals surface area contributed by atoms with Gasteiger partial charge in [0, 0.05) is 18.3 Å². The highest BCUT2D eigenvalue weighted by Crippen LogP contribution is 2.20. The van der Waals surface area contributed by atoms with Crippen molar-refractivity contribution < 1.29 is 9.47 Å². The highest BCUT2D eigenvalue weighted by atomic mass is 16.5. The predicted molar refractivity (Wildman–Crippen MR) is 91.8 cm³/mol. The Morgan fingerprint density at radius 2 is 1.77 bits per heavy atom. The van der Waals surface area contributed by atoms with Crippen molar-refractivity contribution in [3.63, 3.8) is 0 Å². The minimum Gasteiger partial charge on any atom is -0.494 e. The zero-order valence-electron chi connectivity index (χ0n) is 13.6. The van der Waals surface area contributed by atoms with Gasteiger partial charge in [0.25, 0.3) is 0 Å². The van der Waals surface area contributed by atoms with Crippen LogP contribution in [0.25, 0.3) is 0 Å². The van der Waals surface area contributed by atoms with Crippen molar-refractivity contribution in [3.8, 4) is 11.5 Å². The lowest BCUT2D eigenvalue weighted by Crippen LogP contribution is -2.09. The van der Waals surface area contributed by atoms with Gasteiger partial charge < -0.3 is 14.8 Å². The number of ether oxygens (including phenoxy) is 2. The van der Waals surface area contributed by atoms with Gasteiger partial charge in [-0.1, -0.05) is 25.1 Å². The van der Waals surface area contributed by atoms with Gasteiger partial charge in [-0.2, -0.15) is 0 Å². The Morgan fingerprint density at radius 3 is 2.45 bits per heavy atom. The third-order valence-electron chi connectivity index (χ3n) is 3.48. The lowest BCUT2D eigenvalue weighted by Gasteiger charge is -2.14. The summed E-state index contributed by atoms with van der Waals surface area (Å²) in [6.45, 7) is 7.67. The molecule has 118 valence electrons. The Hall–Kier alpha value is -2.16. The molecular formula is C19H25NO2. The molecule has 0 aliphatic rings. The molecule has 0 radical (unpaired) electrons. The summed E-state index contributed by atoms with van der Waals surface area (Å²) < 4.78 is 11.3. The van der Waals surface area contributed by atoms with Crippen LogP contribution in [0.3, 0.4) is 0 Å². The first-order valence-corrected chi connectivity index (χ1v) is 7.93. The van der Waals surface area contributed by atoms with Crippen LogP contribution >= 0.6 is 0 Å². The number of benzene rings is 2. The molecular weight excluding hydrogens is 274 g/mol. The van der Waals surface area contributed by atoms with Crippen molar-refractivity contribution in [1.82, 2.24) is 0 Å². The van der Waals surface area contributed by atoms with E-state index in [4.69, 9.17) is 9.47 Å². The van der Waals surface area contributed by atoms with Crippen molar-refractivity contribution in [2.45, 2.75) is 39.8 Å². The van der Waals surface area contributed by atoms with E-state index in [1.54, 1.807) is 0 Å². The number of nitrogens with one attached hydrogen (secondary N) is 1. The zero-order chi connectivity index (χ0) is 15.8. The summed E-state index contributed by atoms with van der Waals surface area (Å²) in [4.78, 5) is 0. The van der Waals surface area contributed by atoms with Crippen molar-refractivity contribution in [3.05, 3.63) is 54.1 Å². The predicted octanol–water partition coefficient (Wildman–Crippen LogP) is 4.87. The Morgan fingerprint density at radius 1 is 1.00 bits per heavy atom. The van der Waals surface area contributed by atoms with E-state index in [1.807, 2.05) is 37.3 Å². The molecule has 1 atom stereocenters. The maximum Gasteiger partial charge on any atom is 0.121 e. The molecule has 0 amide bonds. The van der Waals surface area contributed by atoms with Crippen LogP contribution in [0.5, 0.6) is 11.5 Å². The highest BCUT2D eigenvalue weighted by molar-refractivity contribution is 5.48. The number of hydrogen-bond acceptors (Lipinski definition) is 3. The largest absolute Gasteiger partial charge is 0.494 e. The average molecular weight is 299 g/mol. The molecule has 0 fully saturated rings. The molecule has 3 nitrogen and oxygen atoms in total. The van der Waals surface area contributed by atoms with E-state index in [1.165, 1.54) is 5.56 Å². The summed E-state index contributed by atoms with van der Waals surface area (Å²) in [5.41, 5.74) is 2.28. The van der Waals surface area contributed by atoms with Gasteiger partial charge in [-0.3, -0.25) is 0 Å². The van der Waals surface area contributed by atoms with Gasteiger partial charge in [-0.25, -0.2) is 0 Å².